The van der Waals surface area contributed by atoms with E-state index in [1.807, 2.05) is 24.3 Å². The van der Waals surface area contributed by atoms with E-state index in [2.05, 4.69) is 10.4 Å². The number of carbonyl (C=O) groups is 1. The van der Waals surface area contributed by atoms with Gasteiger partial charge in [-0.05, 0) is 55.3 Å². The Hall–Kier alpha value is -3.35. The predicted octanol–water partition coefficient (Wildman–Crippen LogP) is 3.66. The van der Waals surface area contributed by atoms with Gasteiger partial charge < -0.3 is 14.8 Å². The molecule has 1 heterocycles. The third-order valence-electron chi connectivity index (χ3n) is 4.06. The zero-order valence-corrected chi connectivity index (χ0v) is 15.1. The average molecular weight is 369 g/mol. The number of benzene rings is 2. The largest absolute Gasteiger partial charge is 0.497 e. The number of hydrogen-bond acceptors (Lipinski definition) is 4. The van der Waals surface area contributed by atoms with E-state index in [0.717, 1.165) is 11.3 Å². The Morgan fingerprint density at radius 3 is 2.74 bits per heavy atom. The van der Waals surface area contributed by atoms with Crippen molar-refractivity contribution in [2.45, 2.75) is 13.3 Å². The first kappa shape index (κ1) is 18.4. The summed E-state index contributed by atoms with van der Waals surface area (Å²) in [6.07, 6.45) is 1.56. The van der Waals surface area contributed by atoms with Gasteiger partial charge in [0.05, 0.1) is 24.7 Å². The van der Waals surface area contributed by atoms with Crippen molar-refractivity contribution < 1.29 is 18.7 Å². The number of rotatable bonds is 6. The van der Waals surface area contributed by atoms with Crippen LogP contribution >= 0.6 is 0 Å². The van der Waals surface area contributed by atoms with Gasteiger partial charge in [0.25, 0.3) is 0 Å². The molecule has 0 aliphatic heterocycles. The van der Waals surface area contributed by atoms with Crippen LogP contribution in [0.4, 0.5) is 9.18 Å². The maximum Gasteiger partial charge on any atom is 0.412 e. The van der Waals surface area contributed by atoms with Gasteiger partial charge in [-0.1, -0.05) is 12.1 Å². The number of ether oxygens (including phenoxy) is 2. The van der Waals surface area contributed by atoms with Crippen LogP contribution in [-0.2, 0) is 6.42 Å². The molecule has 2 aromatic carbocycles. The van der Waals surface area contributed by atoms with Crippen LogP contribution in [0, 0.1) is 12.7 Å². The van der Waals surface area contributed by atoms with Crippen molar-refractivity contribution in [1.82, 2.24) is 15.1 Å². The molecule has 0 radical (unpaired) electrons. The minimum Gasteiger partial charge on any atom is -0.497 e. The fourth-order valence-electron chi connectivity index (χ4n) is 2.61. The Morgan fingerprint density at radius 2 is 2.00 bits per heavy atom. The van der Waals surface area contributed by atoms with Gasteiger partial charge in [-0.25, -0.2) is 13.9 Å². The highest BCUT2D eigenvalue weighted by molar-refractivity contribution is 5.70. The van der Waals surface area contributed by atoms with Crippen molar-refractivity contribution >= 4 is 6.09 Å². The highest BCUT2D eigenvalue weighted by Gasteiger charge is 2.13. The lowest BCUT2D eigenvalue weighted by atomic mass is 10.1. The number of amides is 1. The van der Waals surface area contributed by atoms with E-state index < -0.39 is 6.09 Å². The van der Waals surface area contributed by atoms with Crippen molar-refractivity contribution in [3.63, 3.8) is 0 Å². The monoisotopic (exact) mass is 369 g/mol. The van der Waals surface area contributed by atoms with Crippen molar-refractivity contribution in [3.8, 4) is 17.2 Å². The van der Waals surface area contributed by atoms with Gasteiger partial charge in [0, 0.05) is 6.54 Å². The molecule has 1 amide bonds. The summed E-state index contributed by atoms with van der Waals surface area (Å²) in [5.74, 6) is 0.799. The molecule has 1 N–H and O–H groups in total. The number of carbonyl (C=O) groups excluding carboxylic acids is 1. The van der Waals surface area contributed by atoms with E-state index in [1.54, 1.807) is 30.8 Å². The highest BCUT2D eigenvalue weighted by atomic mass is 19.1. The Morgan fingerprint density at radius 1 is 1.22 bits per heavy atom. The number of halogens is 1. The third kappa shape index (κ3) is 4.63. The van der Waals surface area contributed by atoms with Crippen LogP contribution in [0.3, 0.4) is 0 Å². The first-order valence-electron chi connectivity index (χ1n) is 8.46. The number of aromatic nitrogens is 2. The van der Waals surface area contributed by atoms with Crippen molar-refractivity contribution in [3.05, 3.63) is 71.8 Å². The molecule has 0 saturated carbocycles. The summed E-state index contributed by atoms with van der Waals surface area (Å²) in [5, 5.41) is 6.90. The smallest absolute Gasteiger partial charge is 0.412 e. The molecule has 0 spiro atoms. The van der Waals surface area contributed by atoms with E-state index in [1.165, 1.54) is 18.3 Å². The van der Waals surface area contributed by atoms with E-state index >= 15 is 0 Å². The van der Waals surface area contributed by atoms with E-state index in [4.69, 9.17) is 9.47 Å². The molecule has 3 rings (SSSR count). The average Bonchev–Trinajstić information content (AvgIpc) is 3.03. The topological polar surface area (TPSA) is 65.4 Å². The van der Waals surface area contributed by atoms with Crippen molar-refractivity contribution in [1.29, 1.82) is 0 Å². The molecule has 0 bridgehead atoms. The Labute approximate surface area is 156 Å². The van der Waals surface area contributed by atoms with E-state index in [0.29, 0.717) is 30.1 Å². The number of hydrogen-bond donors (Lipinski definition) is 1. The minimum absolute atomic E-state index is 0.324. The van der Waals surface area contributed by atoms with E-state index in [-0.39, 0.29) is 5.82 Å². The molecule has 0 saturated heterocycles. The Kier molecular flexibility index (Phi) is 5.71. The maximum atomic E-state index is 13.0. The second-order valence-electron chi connectivity index (χ2n) is 5.90. The minimum atomic E-state index is -0.556. The predicted molar refractivity (Wildman–Crippen MR) is 99.0 cm³/mol. The molecule has 0 aliphatic rings. The van der Waals surface area contributed by atoms with Gasteiger partial charge in [0.2, 0.25) is 0 Å². The second kappa shape index (κ2) is 8.35. The van der Waals surface area contributed by atoms with Crippen LogP contribution in [-0.4, -0.2) is 29.5 Å². The molecule has 140 valence electrons. The summed E-state index contributed by atoms with van der Waals surface area (Å²) >= 11 is 0. The van der Waals surface area contributed by atoms with E-state index in [9.17, 15) is 9.18 Å². The van der Waals surface area contributed by atoms with Crippen LogP contribution in [0.15, 0.2) is 54.7 Å². The molecular formula is C20H20FN3O3. The Bertz CT molecular complexity index is 922. The van der Waals surface area contributed by atoms with Gasteiger partial charge in [0.1, 0.15) is 11.6 Å². The Balaban J connectivity index is 1.56. The molecule has 3 aromatic rings. The number of nitrogens with zero attached hydrogens (tertiary/aromatic N) is 2. The molecule has 0 atom stereocenters. The molecule has 0 unspecified atom stereocenters. The summed E-state index contributed by atoms with van der Waals surface area (Å²) in [4.78, 5) is 12.0. The molecule has 1 aromatic heterocycles. The number of methoxy groups -OCH3 is 1. The first-order valence-corrected chi connectivity index (χ1v) is 8.46. The highest BCUT2D eigenvalue weighted by Crippen LogP contribution is 2.21. The summed E-state index contributed by atoms with van der Waals surface area (Å²) < 4.78 is 25.1. The van der Waals surface area contributed by atoms with Gasteiger partial charge in [0.15, 0.2) is 5.75 Å². The lowest BCUT2D eigenvalue weighted by Gasteiger charge is -2.08. The lowest BCUT2D eigenvalue weighted by Crippen LogP contribution is -2.28. The maximum absolute atomic E-state index is 13.0. The van der Waals surface area contributed by atoms with Crippen molar-refractivity contribution in [2.24, 2.45) is 0 Å². The summed E-state index contributed by atoms with van der Waals surface area (Å²) in [5.41, 5.74) is 2.38. The fourth-order valence-corrected chi connectivity index (χ4v) is 2.61. The fraction of sp³-hybridized carbons (Fsp3) is 0.200. The SMILES string of the molecule is COc1cccc(CCNC(=O)Oc2cnn(-c3ccc(F)cc3)c2C)c1. The molecule has 6 nitrogen and oxygen atoms in total. The summed E-state index contributed by atoms with van der Waals surface area (Å²) in [6, 6.07) is 13.6. The number of nitrogens with one attached hydrogen (secondary N) is 1. The quantitative estimate of drug-likeness (QED) is 0.720. The standard InChI is InChI=1S/C20H20FN3O3/c1-14-19(13-23-24(14)17-8-6-16(21)7-9-17)27-20(25)22-11-10-15-4-3-5-18(12-15)26-2/h3-9,12-13H,10-11H2,1-2H3,(H,22,25). The normalized spacial score (nSPS) is 10.5. The van der Waals surface area contributed by atoms with Crippen LogP contribution in [0.1, 0.15) is 11.3 Å². The van der Waals surface area contributed by atoms with Crippen LogP contribution in [0.25, 0.3) is 5.69 Å². The molecule has 0 fully saturated rings. The molecule has 0 aliphatic carbocycles. The van der Waals surface area contributed by atoms with Gasteiger partial charge in [-0.3, -0.25) is 0 Å². The molecule has 27 heavy (non-hydrogen) atoms. The summed E-state index contributed by atoms with van der Waals surface area (Å²) in [7, 11) is 1.61. The van der Waals surface area contributed by atoms with Gasteiger partial charge >= 0.3 is 6.09 Å². The zero-order valence-electron chi connectivity index (χ0n) is 15.1. The summed E-state index contributed by atoms with van der Waals surface area (Å²) in [6.45, 7) is 2.20. The van der Waals surface area contributed by atoms with Crippen LogP contribution < -0.4 is 14.8 Å². The second-order valence-corrected chi connectivity index (χ2v) is 5.90. The zero-order chi connectivity index (χ0) is 19.2. The lowest BCUT2D eigenvalue weighted by molar-refractivity contribution is 0.200. The van der Waals surface area contributed by atoms with Crippen LogP contribution in [0.5, 0.6) is 11.5 Å². The van der Waals surface area contributed by atoms with Crippen LogP contribution in [0.2, 0.25) is 0 Å². The third-order valence-corrected chi connectivity index (χ3v) is 4.06. The van der Waals surface area contributed by atoms with Crippen molar-refractivity contribution in [2.75, 3.05) is 13.7 Å². The van der Waals surface area contributed by atoms with Gasteiger partial charge in [-0.15, -0.1) is 0 Å². The van der Waals surface area contributed by atoms with Gasteiger partial charge in [-0.2, -0.15) is 5.10 Å². The molecule has 7 heteroatoms. The molecular weight excluding hydrogens is 349 g/mol. The first-order chi connectivity index (χ1) is 13.1.